The molecule has 2 aliphatic rings. The van der Waals surface area contributed by atoms with Gasteiger partial charge < -0.3 is 14.9 Å². The molecule has 158 valence electrons. The van der Waals surface area contributed by atoms with Gasteiger partial charge in [-0.05, 0) is 44.0 Å². The van der Waals surface area contributed by atoms with Gasteiger partial charge in [0, 0.05) is 25.8 Å². The molecule has 2 fully saturated rings. The number of carboxylic acids is 1. The van der Waals surface area contributed by atoms with Crippen molar-refractivity contribution < 1.29 is 9.90 Å². The van der Waals surface area contributed by atoms with Crippen LogP contribution in [0.4, 0.5) is 5.95 Å². The first-order chi connectivity index (χ1) is 15.0. The summed E-state index contributed by atoms with van der Waals surface area (Å²) in [7, 11) is 2.16. The van der Waals surface area contributed by atoms with Crippen molar-refractivity contribution in [3.05, 3.63) is 46.2 Å². The van der Waals surface area contributed by atoms with E-state index in [9.17, 15) is 14.7 Å². The molecule has 6 rings (SSSR count). The lowest BCUT2D eigenvalue weighted by Gasteiger charge is -2.31. The molecule has 0 radical (unpaired) electrons. The van der Waals surface area contributed by atoms with Gasteiger partial charge in [0.25, 0.3) is 0 Å². The standard InChI is InChI=1S/C22H21N5O3S/c1-25-7-6-12-10-26(11-13(12)9-25)22-23-8-14-18(28)17(21(29)30)20-27(19(14)24-22)15-4-2-3-5-16(15)31-20/h2-5,8,12-13H,6-7,9-11H2,1H3,(H,29,30). The summed E-state index contributed by atoms with van der Waals surface area (Å²) in [5.74, 6) is 0.607. The number of pyridine rings is 1. The average Bonchev–Trinajstić information content (AvgIpc) is 3.34. The molecule has 3 aromatic heterocycles. The smallest absolute Gasteiger partial charge is 0.342 e. The maximum absolute atomic E-state index is 13.0. The van der Waals surface area contributed by atoms with Crippen molar-refractivity contribution >= 4 is 49.3 Å². The van der Waals surface area contributed by atoms with Crippen LogP contribution in [0.1, 0.15) is 16.8 Å². The maximum Gasteiger partial charge on any atom is 0.342 e. The van der Waals surface area contributed by atoms with E-state index in [4.69, 9.17) is 4.98 Å². The van der Waals surface area contributed by atoms with Gasteiger partial charge in [-0.2, -0.15) is 4.98 Å². The van der Waals surface area contributed by atoms with Gasteiger partial charge in [-0.1, -0.05) is 12.1 Å². The fourth-order valence-corrected chi connectivity index (χ4v) is 6.32. The Morgan fingerprint density at radius 1 is 1.19 bits per heavy atom. The molecule has 2 unspecified atom stereocenters. The topological polar surface area (TPSA) is 91.0 Å². The SMILES string of the molecule is CN1CCC2CN(c3ncc4c(=O)c(C(=O)O)c5sc6ccccc6n5c4n3)CC2C1. The van der Waals surface area contributed by atoms with Crippen LogP contribution in [0, 0.1) is 11.8 Å². The van der Waals surface area contributed by atoms with Gasteiger partial charge in [0.05, 0.1) is 15.6 Å². The minimum atomic E-state index is -1.23. The van der Waals surface area contributed by atoms with Gasteiger partial charge in [0.2, 0.25) is 11.4 Å². The summed E-state index contributed by atoms with van der Waals surface area (Å²) in [6, 6.07) is 7.67. The second-order valence-electron chi connectivity index (χ2n) is 8.60. The molecule has 5 heterocycles. The van der Waals surface area contributed by atoms with Crippen LogP contribution in [0.5, 0.6) is 0 Å². The third kappa shape index (κ3) is 2.76. The number of benzene rings is 1. The Bertz CT molecular complexity index is 1430. The predicted octanol–water partition coefficient (Wildman–Crippen LogP) is 2.54. The molecule has 2 aliphatic heterocycles. The zero-order valence-electron chi connectivity index (χ0n) is 17.0. The molecule has 0 bridgehead atoms. The van der Waals surface area contributed by atoms with Crippen molar-refractivity contribution in [1.29, 1.82) is 0 Å². The minimum absolute atomic E-state index is 0.222. The summed E-state index contributed by atoms with van der Waals surface area (Å²) in [5.41, 5.74) is 0.563. The van der Waals surface area contributed by atoms with Crippen molar-refractivity contribution in [2.45, 2.75) is 6.42 Å². The van der Waals surface area contributed by atoms with Gasteiger partial charge in [-0.15, -0.1) is 11.3 Å². The fraction of sp³-hybridized carbons (Fsp3) is 0.364. The van der Waals surface area contributed by atoms with Crippen LogP contribution < -0.4 is 10.3 Å². The molecule has 0 amide bonds. The van der Waals surface area contributed by atoms with E-state index in [0.717, 1.165) is 36.4 Å². The van der Waals surface area contributed by atoms with E-state index in [1.54, 1.807) is 0 Å². The molecule has 4 aromatic rings. The van der Waals surface area contributed by atoms with Crippen LogP contribution in [-0.4, -0.2) is 63.6 Å². The Labute approximate surface area is 181 Å². The average molecular weight is 436 g/mol. The van der Waals surface area contributed by atoms with Crippen LogP contribution >= 0.6 is 11.3 Å². The van der Waals surface area contributed by atoms with Gasteiger partial charge in [0.1, 0.15) is 10.4 Å². The summed E-state index contributed by atoms with van der Waals surface area (Å²) >= 11 is 1.30. The second kappa shape index (κ2) is 6.73. The van der Waals surface area contributed by atoms with Gasteiger partial charge in [-0.3, -0.25) is 9.20 Å². The first-order valence-corrected chi connectivity index (χ1v) is 11.2. The van der Waals surface area contributed by atoms with Crippen molar-refractivity contribution in [2.75, 3.05) is 38.1 Å². The molecule has 2 atom stereocenters. The number of anilines is 1. The summed E-state index contributed by atoms with van der Waals surface area (Å²) in [6.07, 6.45) is 2.67. The highest BCUT2D eigenvalue weighted by molar-refractivity contribution is 7.24. The summed E-state index contributed by atoms with van der Waals surface area (Å²) in [4.78, 5) is 39.3. The molecule has 2 saturated heterocycles. The summed E-state index contributed by atoms with van der Waals surface area (Å²) < 4.78 is 2.72. The number of hydrogen-bond acceptors (Lipinski definition) is 7. The molecular weight excluding hydrogens is 414 g/mol. The van der Waals surface area contributed by atoms with Gasteiger partial charge in [0.15, 0.2) is 5.65 Å². The lowest BCUT2D eigenvalue weighted by molar-refractivity contribution is 0.0697. The quantitative estimate of drug-likeness (QED) is 0.517. The van der Waals surface area contributed by atoms with E-state index in [1.807, 2.05) is 28.7 Å². The van der Waals surface area contributed by atoms with E-state index < -0.39 is 11.4 Å². The van der Waals surface area contributed by atoms with Gasteiger partial charge >= 0.3 is 5.97 Å². The Morgan fingerprint density at radius 2 is 2.00 bits per heavy atom. The second-order valence-corrected chi connectivity index (χ2v) is 9.63. The third-order valence-corrected chi connectivity index (χ3v) is 7.82. The third-order valence-electron chi connectivity index (χ3n) is 6.67. The number of aromatic nitrogens is 3. The van der Waals surface area contributed by atoms with Crippen molar-refractivity contribution in [3.63, 3.8) is 0 Å². The fourth-order valence-electron chi connectivity index (χ4n) is 5.14. The van der Waals surface area contributed by atoms with E-state index >= 15 is 0 Å². The number of carboxylic acid groups (broad SMARTS) is 1. The Balaban J connectivity index is 1.58. The number of hydrogen-bond donors (Lipinski definition) is 1. The van der Waals surface area contributed by atoms with E-state index in [0.29, 0.717) is 28.3 Å². The molecular formula is C22H21N5O3S. The van der Waals surface area contributed by atoms with Crippen LogP contribution in [0.15, 0.2) is 35.3 Å². The van der Waals surface area contributed by atoms with E-state index in [2.05, 4.69) is 21.8 Å². The van der Waals surface area contributed by atoms with Crippen LogP contribution in [0.25, 0.3) is 26.1 Å². The summed E-state index contributed by atoms with van der Waals surface area (Å²) in [5, 5.41) is 9.99. The lowest BCUT2D eigenvalue weighted by Crippen LogP contribution is -2.37. The predicted molar refractivity (Wildman–Crippen MR) is 120 cm³/mol. The van der Waals surface area contributed by atoms with Crippen LogP contribution in [0.2, 0.25) is 0 Å². The molecule has 0 saturated carbocycles. The van der Waals surface area contributed by atoms with Crippen LogP contribution in [-0.2, 0) is 0 Å². The Morgan fingerprint density at radius 3 is 2.84 bits per heavy atom. The van der Waals surface area contributed by atoms with Crippen molar-refractivity contribution in [3.8, 4) is 0 Å². The first kappa shape index (κ1) is 18.7. The van der Waals surface area contributed by atoms with E-state index in [-0.39, 0.29) is 10.9 Å². The maximum atomic E-state index is 13.0. The van der Waals surface area contributed by atoms with Gasteiger partial charge in [-0.25, -0.2) is 9.78 Å². The number of fused-ring (bicyclic) bond motifs is 6. The molecule has 9 heteroatoms. The zero-order chi connectivity index (χ0) is 21.3. The van der Waals surface area contributed by atoms with E-state index in [1.165, 1.54) is 24.0 Å². The number of rotatable bonds is 2. The molecule has 0 aliphatic carbocycles. The number of likely N-dealkylation sites (tertiary alicyclic amines) is 1. The highest BCUT2D eigenvalue weighted by atomic mass is 32.1. The van der Waals surface area contributed by atoms with Crippen molar-refractivity contribution in [1.82, 2.24) is 19.3 Å². The molecule has 1 N–H and O–H groups in total. The Hall–Kier alpha value is -3.04. The number of nitrogens with zero attached hydrogens (tertiary/aromatic N) is 5. The lowest BCUT2D eigenvalue weighted by atomic mass is 9.89. The first-order valence-electron chi connectivity index (χ1n) is 10.4. The number of piperidine rings is 1. The normalized spacial score (nSPS) is 21.9. The molecule has 1 aromatic carbocycles. The highest BCUT2D eigenvalue weighted by Gasteiger charge is 2.37. The number of para-hydroxylation sites is 1. The number of aromatic carboxylic acids is 1. The Kier molecular flexibility index (Phi) is 4.06. The summed E-state index contributed by atoms with van der Waals surface area (Å²) in [6.45, 7) is 4.01. The molecule has 0 spiro atoms. The largest absolute Gasteiger partial charge is 0.477 e. The monoisotopic (exact) mass is 435 g/mol. The molecule has 31 heavy (non-hydrogen) atoms. The van der Waals surface area contributed by atoms with Crippen molar-refractivity contribution in [2.24, 2.45) is 11.8 Å². The zero-order valence-corrected chi connectivity index (χ0v) is 17.8. The number of carbonyl (C=O) groups is 1. The molecule has 8 nitrogen and oxygen atoms in total. The minimum Gasteiger partial charge on any atom is -0.477 e. The van der Waals surface area contributed by atoms with Crippen LogP contribution in [0.3, 0.4) is 0 Å². The number of thiazole rings is 1. The highest BCUT2D eigenvalue weighted by Crippen LogP contribution is 2.34.